The highest BCUT2D eigenvalue weighted by molar-refractivity contribution is 7.89. The van der Waals surface area contributed by atoms with E-state index in [4.69, 9.17) is 4.74 Å². The standard InChI is InChI=1S/C18H25N3O3S/c1-6-24-17-7-9-18(10-8-17)25(22,23)20-19-12-16-11-14(4)21(13(2)3)15(16)5/h7-13,20H,6H2,1-5H3/b19-12-. The first-order valence-electron chi connectivity index (χ1n) is 8.22. The Labute approximate surface area is 149 Å². The van der Waals surface area contributed by atoms with Crippen LogP contribution in [0.2, 0.25) is 0 Å². The molecule has 0 bridgehead atoms. The van der Waals surface area contributed by atoms with Crippen molar-refractivity contribution < 1.29 is 13.2 Å². The molecule has 0 amide bonds. The minimum absolute atomic E-state index is 0.140. The van der Waals surface area contributed by atoms with Gasteiger partial charge in [0.25, 0.3) is 10.0 Å². The highest BCUT2D eigenvalue weighted by Crippen LogP contribution is 2.19. The van der Waals surface area contributed by atoms with Crippen LogP contribution in [0, 0.1) is 13.8 Å². The Morgan fingerprint density at radius 1 is 1.24 bits per heavy atom. The SMILES string of the molecule is CCOc1ccc(S(=O)(=O)N/N=C\c2cc(C)n(C(C)C)c2C)cc1. The van der Waals surface area contributed by atoms with E-state index in [1.807, 2.05) is 26.8 Å². The predicted molar refractivity (Wildman–Crippen MR) is 99.8 cm³/mol. The molecule has 1 aromatic heterocycles. The molecule has 1 N–H and O–H groups in total. The lowest BCUT2D eigenvalue weighted by atomic mass is 10.2. The van der Waals surface area contributed by atoms with Gasteiger partial charge in [-0.3, -0.25) is 0 Å². The third kappa shape index (κ3) is 4.42. The Hall–Kier alpha value is -2.28. The molecule has 0 aliphatic heterocycles. The molecule has 0 spiro atoms. The van der Waals surface area contributed by atoms with Crippen molar-refractivity contribution >= 4 is 16.2 Å². The number of nitrogens with one attached hydrogen (secondary N) is 1. The second-order valence-corrected chi connectivity index (χ2v) is 7.71. The van der Waals surface area contributed by atoms with Gasteiger partial charge in [0, 0.05) is 23.0 Å². The minimum Gasteiger partial charge on any atom is -0.494 e. The molecule has 0 unspecified atom stereocenters. The predicted octanol–water partition coefficient (Wildman–Crippen LogP) is 3.40. The molecule has 136 valence electrons. The molecule has 0 saturated heterocycles. The summed E-state index contributed by atoms with van der Waals surface area (Å²) in [4.78, 5) is 2.39. The summed E-state index contributed by atoms with van der Waals surface area (Å²) in [5.41, 5.74) is 3.06. The number of ether oxygens (including phenoxy) is 1. The second-order valence-electron chi connectivity index (χ2n) is 6.05. The number of nitrogens with zero attached hydrogens (tertiary/aromatic N) is 2. The van der Waals surface area contributed by atoms with E-state index in [1.165, 1.54) is 18.3 Å². The Kier molecular flexibility index (Phi) is 5.89. The highest BCUT2D eigenvalue weighted by atomic mass is 32.2. The molecule has 2 rings (SSSR count). The zero-order valence-corrected chi connectivity index (χ0v) is 16.1. The number of hydrogen-bond donors (Lipinski definition) is 1. The molecule has 0 atom stereocenters. The Morgan fingerprint density at radius 3 is 2.40 bits per heavy atom. The fourth-order valence-corrected chi connectivity index (χ4v) is 3.62. The summed E-state index contributed by atoms with van der Waals surface area (Å²) >= 11 is 0. The van der Waals surface area contributed by atoms with Crippen molar-refractivity contribution in [2.24, 2.45) is 5.10 Å². The molecule has 1 aromatic carbocycles. The lowest BCUT2D eigenvalue weighted by molar-refractivity contribution is 0.340. The Morgan fingerprint density at radius 2 is 1.88 bits per heavy atom. The molecule has 0 fully saturated rings. The van der Waals surface area contributed by atoms with Gasteiger partial charge in [-0.25, -0.2) is 4.83 Å². The number of sulfonamides is 1. The average molecular weight is 363 g/mol. The topological polar surface area (TPSA) is 72.7 Å². The van der Waals surface area contributed by atoms with Crippen LogP contribution >= 0.6 is 0 Å². The van der Waals surface area contributed by atoms with Gasteiger partial charge in [-0.2, -0.15) is 13.5 Å². The van der Waals surface area contributed by atoms with Crippen LogP contribution < -0.4 is 9.57 Å². The monoisotopic (exact) mass is 363 g/mol. The van der Waals surface area contributed by atoms with E-state index in [0.717, 1.165) is 17.0 Å². The number of rotatable bonds is 7. The lowest BCUT2D eigenvalue weighted by Gasteiger charge is -2.13. The summed E-state index contributed by atoms with van der Waals surface area (Å²) in [7, 11) is -3.70. The van der Waals surface area contributed by atoms with Crippen LogP contribution in [-0.2, 0) is 10.0 Å². The summed E-state index contributed by atoms with van der Waals surface area (Å²) in [6.45, 7) is 10.6. The summed E-state index contributed by atoms with van der Waals surface area (Å²) in [6, 6.07) is 8.56. The number of aryl methyl sites for hydroxylation is 1. The van der Waals surface area contributed by atoms with Crippen molar-refractivity contribution in [2.75, 3.05) is 6.61 Å². The number of benzene rings is 1. The van der Waals surface area contributed by atoms with Gasteiger partial charge in [0.2, 0.25) is 0 Å². The average Bonchev–Trinajstić information content (AvgIpc) is 2.82. The fraction of sp³-hybridized carbons (Fsp3) is 0.389. The van der Waals surface area contributed by atoms with Crippen LogP contribution in [0.4, 0.5) is 0 Å². The first kappa shape index (κ1) is 19.1. The normalized spacial score (nSPS) is 12.1. The molecular formula is C18H25N3O3S. The summed E-state index contributed by atoms with van der Waals surface area (Å²) < 4.78 is 32.1. The van der Waals surface area contributed by atoms with Gasteiger partial charge in [-0.05, 0) is 65.0 Å². The van der Waals surface area contributed by atoms with Gasteiger partial charge in [0.15, 0.2) is 0 Å². The van der Waals surface area contributed by atoms with Crippen molar-refractivity contribution in [2.45, 2.75) is 45.6 Å². The van der Waals surface area contributed by atoms with Crippen molar-refractivity contribution in [3.63, 3.8) is 0 Å². The van der Waals surface area contributed by atoms with Gasteiger partial charge < -0.3 is 9.30 Å². The van der Waals surface area contributed by atoms with Crippen LogP contribution in [0.5, 0.6) is 5.75 Å². The molecule has 2 aromatic rings. The minimum atomic E-state index is -3.70. The zero-order valence-electron chi connectivity index (χ0n) is 15.3. The zero-order chi connectivity index (χ0) is 18.6. The van der Waals surface area contributed by atoms with Crippen molar-refractivity contribution in [3.05, 3.63) is 47.3 Å². The van der Waals surface area contributed by atoms with E-state index in [0.29, 0.717) is 18.4 Å². The van der Waals surface area contributed by atoms with Crippen molar-refractivity contribution in [3.8, 4) is 5.75 Å². The van der Waals surface area contributed by atoms with E-state index in [9.17, 15) is 8.42 Å². The third-order valence-corrected chi connectivity index (χ3v) is 5.10. The molecule has 6 nitrogen and oxygen atoms in total. The maximum absolute atomic E-state index is 12.3. The number of hydrazone groups is 1. The van der Waals surface area contributed by atoms with E-state index in [2.05, 4.69) is 28.3 Å². The summed E-state index contributed by atoms with van der Waals surface area (Å²) in [6.07, 6.45) is 1.54. The summed E-state index contributed by atoms with van der Waals surface area (Å²) in [5.74, 6) is 0.631. The maximum Gasteiger partial charge on any atom is 0.276 e. The van der Waals surface area contributed by atoms with Crippen LogP contribution in [0.25, 0.3) is 0 Å². The van der Waals surface area contributed by atoms with Crippen LogP contribution in [0.1, 0.15) is 43.8 Å². The van der Waals surface area contributed by atoms with Crippen LogP contribution in [0.15, 0.2) is 40.3 Å². The molecule has 0 radical (unpaired) electrons. The quantitative estimate of drug-likeness (QED) is 0.605. The first-order chi connectivity index (χ1) is 11.8. The lowest BCUT2D eigenvalue weighted by Crippen LogP contribution is -2.18. The van der Waals surface area contributed by atoms with E-state index >= 15 is 0 Å². The first-order valence-corrected chi connectivity index (χ1v) is 9.70. The van der Waals surface area contributed by atoms with E-state index < -0.39 is 10.0 Å². The molecular weight excluding hydrogens is 338 g/mol. The van der Waals surface area contributed by atoms with E-state index in [1.54, 1.807) is 12.1 Å². The Balaban J connectivity index is 2.14. The van der Waals surface area contributed by atoms with Gasteiger partial charge in [0.1, 0.15) is 5.75 Å². The third-order valence-electron chi connectivity index (χ3n) is 3.86. The van der Waals surface area contributed by atoms with Gasteiger partial charge in [0.05, 0.1) is 17.7 Å². The molecule has 7 heteroatoms. The molecule has 0 aliphatic rings. The van der Waals surface area contributed by atoms with Crippen LogP contribution in [-0.4, -0.2) is 25.8 Å². The number of aromatic nitrogens is 1. The second kappa shape index (κ2) is 7.74. The van der Waals surface area contributed by atoms with Crippen molar-refractivity contribution in [1.82, 2.24) is 9.40 Å². The Bertz CT molecular complexity index is 850. The summed E-state index contributed by atoms with van der Waals surface area (Å²) in [5, 5.41) is 3.92. The number of hydrogen-bond acceptors (Lipinski definition) is 4. The van der Waals surface area contributed by atoms with Gasteiger partial charge in [-0.1, -0.05) is 0 Å². The highest BCUT2D eigenvalue weighted by Gasteiger charge is 2.13. The van der Waals surface area contributed by atoms with Crippen molar-refractivity contribution in [1.29, 1.82) is 0 Å². The molecule has 0 saturated carbocycles. The largest absolute Gasteiger partial charge is 0.494 e. The van der Waals surface area contributed by atoms with Gasteiger partial charge in [-0.15, -0.1) is 0 Å². The van der Waals surface area contributed by atoms with Gasteiger partial charge >= 0.3 is 0 Å². The molecule has 1 heterocycles. The fourth-order valence-electron chi connectivity index (χ4n) is 2.83. The molecule has 0 aliphatic carbocycles. The van der Waals surface area contributed by atoms with E-state index in [-0.39, 0.29) is 4.90 Å². The van der Waals surface area contributed by atoms with Crippen LogP contribution in [0.3, 0.4) is 0 Å². The smallest absolute Gasteiger partial charge is 0.276 e. The maximum atomic E-state index is 12.3. The molecule has 25 heavy (non-hydrogen) atoms.